The third kappa shape index (κ3) is 3.98. The normalized spacial score (nSPS) is 22.9. The van der Waals surface area contributed by atoms with E-state index in [9.17, 15) is 13.2 Å². The van der Waals surface area contributed by atoms with Crippen LogP contribution in [0.1, 0.15) is 44.9 Å². The topological polar surface area (TPSA) is 49.8 Å². The minimum absolute atomic E-state index is 0.170. The summed E-state index contributed by atoms with van der Waals surface area (Å²) in [6.07, 6.45) is 0.858. The number of halogens is 3. The summed E-state index contributed by atoms with van der Waals surface area (Å²) in [5.74, 6) is -0.211. The molecule has 0 spiro atoms. The minimum Gasteiger partial charge on any atom is -0.373 e. The molecule has 0 aliphatic heterocycles. The average Bonchev–Trinajstić information content (AvgIpc) is 2.46. The molecule has 4 nitrogen and oxygen atoms in total. The smallest absolute Gasteiger partial charge is 0.373 e. The van der Waals surface area contributed by atoms with E-state index in [1.807, 2.05) is 0 Å². The van der Waals surface area contributed by atoms with Crippen LogP contribution in [0.3, 0.4) is 0 Å². The summed E-state index contributed by atoms with van der Waals surface area (Å²) in [6, 6.07) is 1.71. The first-order valence-electron chi connectivity index (χ1n) is 7.34. The monoisotopic (exact) mass is 302 g/mol. The molecule has 21 heavy (non-hydrogen) atoms. The summed E-state index contributed by atoms with van der Waals surface area (Å²) in [7, 11) is 1.54. The number of hydrogen-bond donors (Lipinski definition) is 2. The van der Waals surface area contributed by atoms with E-state index in [0.717, 1.165) is 25.7 Å². The SMILES string of the molecule is CCC1CCCCC1Nc1cc(NC)nc(C(F)(F)F)n1. The molecule has 0 saturated heterocycles. The second-order valence-corrected chi connectivity index (χ2v) is 5.41. The van der Waals surface area contributed by atoms with Gasteiger partial charge in [-0.05, 0) is 18.8 Å². The van der Waals surface area contributed by atoms with Gasteiger partial charge in [0.15, 0.2) is 0 Å². The number of alkyl halides is 3. The fraction of sp³-hybridized carbons (Fsp3) is 0.714. The highest BCUT2D eigenvalue weighted by atomic mass is 19.4. The predicted molar refractivity (Wildman–Crippen MR) is 76.2 cm³/mol. The number of rotatable bonds is 4. The zero-order chi connectivity index (χ0) is 15.5. The maximum absolute atomic E-state index is 12.8. The van der Waals surface area contributed by atoms with Gasteiger partial charge in [0, 0.05) is 19.2 Å². The van der Waals surface area contributed by atoms with Crippen molar-refractivity contribution in [3.05, 3.63) is 11.9 Å². The van der Waals surface area contributed by atoms with Gasteiger partial charge in [-0.2, -0.15) is 13.2 Å². The quantitative estimate of drug-likeness (QED) is 0.885. The maximum Gasteiger partial charge on any atom is 0.451 e. The molecule has 1 saturated carbocycles. The summed E-state index contributed by atoms with van der Waals surface area (Å²) >= 11 is 0. The lowest BCUT2D eigenvalue weighted by molar-refractivity contribution is -0.144. The molecule has 1 aromatic rings. The highest BCUT2D eigenvalue weighted by Crippen LogP contribution is 2.31. The Kier molecular flexibility index (Phi) is 4.90. The lowest BCUT2D eigenvalue weighted by Crippen LogP contribution is -2.32. The molecular formula is C14H21F3N4. The Bertz CT molecular complexity index is 476. The van der Waals surface area contributed by atoms with Crippen LogP contribution in [0, 0.1) is 5.92 Å². The molecular weight excluding hydrogens is 281 g/mol. The summed E-state index contributed by atoms with van der Waals surface area (Å²) in [6.45, 7) is 2.12. The molecule has 1 fully saturated rings. The molecule has 2 rings (SSSR count). The van der Waals surface area contributed by atoms with Crippen molar-refractivity contribution in [2.75, 3.05) is 17.7 Å². The van der Waals surface area contributed by atoms with Crippen molar-refractivity contribution in [1.29, 1.82) is 0 Å². The molecule has 2 atom stereocenters. The molecule has 1 aliphatic rings. The standard InChI is InChI=1S/C14H21F3N4/c1-3-9-6-4-5-7-10(9)19-12-8-11(18-2)20-13(21-12)14(15,16)17/h8-10H,3-7H2,1-2H3,(H2,18,19,20,21). The molecule has 2 N–H and O–H groups in total. The Hall–Kier alpha value is -1.53. The number of anilines is 2. The van der Waals surface area contributed by atoms with Crippen LogP contribution >= 0.6 is 0 Å². The summed E-state index contributed by atoms with van der Waals surface area (Å²) in [5, 5.41) is 5.83. The Morgan fingerprint density at radius 1 is 1.19 bits per heavy atom. The van der Waals surface area contributed by atoms with Crippen molar-refractivity contribution in [2.45, 2.75) is 51.2 Å². The Morgan fingerprint density at radius 3 is 2.48 bits per heavy atom. The van der Waals surface area contributed by atoms with Crippen molar-refractivity contribution in [2.24, 2.45) is 5.92 Å². The zero-order valence-electron chi connectivity index (χ0n) is 12.3. The van der Waals surface area contributed by atoms with E-state index < -0.39 is 12.0 Å². The third-order valence-electron chi connectivity index (χ3n) is 4.00. The molecule has 1 aliphatic carbocycles. The van der Waals surface area contributed by atoms with Gasteiger partial charge in [-0.1, -0.05) is 26.2 Å². The van der Waals surface area contributed by atoms with Crippen LogP contribution in [0.15, 0.2) is 6.07 Å². The molecule has 0 amide bonds. The van der Waals surface area contributed by atoms with E-state index in [1.165, 1.54) is 12.5 Å². The van der Waals surface area contributed by atoms with Gasteiger partial charge in [-0.3, -0.25) is 0 Å². The highest BCUT2D eigenvalue weighted by molar-refractivity contribution is 5.48. The Balaban J connectivity index is 2.22. The molecule has 118 valence electrons. The largest absolute Gasteiger partial charge is 0.451 e. The summed E-state index contributed by atoms with van der Waals surface area (Å²) < 4.78 is 38.5. The van der Waals surface area contributed by atoms with E-state index in [-0.39, 0.29) is 17.7 Å². The second-order valence-electron chi connectivity index (χ2n) is 5.41. The van der Waals surface area contributed by atoms with Crippen molar-refractivity contribution in [3.8, 4) is 0 Å². The van der Waals surface area contributed by atoms with Gasteiger partial charge in [0.1, 0.15) is 11.6 Å². The van der Waals surface area contributed by atoms with Crippen LogP contribution in [-0.4, -0.2) is 23.1 Å². The van der Waals surface area contributed by atoms with Crippen molar-refractivity contribution < 1.29 is 13.2 Å². The highest BCUT2D eigenvalue weighted by Gasteiger charge is 2.35. The van der Waals surface area contributed by atoms with Gasteiger partial charge in [0.2, 0.25) is 5.82 Å². The molecule has 0 bridgehead atoms. The van der Waals surface area contributed by atoms with Crippen LogP contribution in [-0.2, 0) is 6.18 Å². The minimum atomic E-state index is -4.54. The maximum atomic E-state index is 12.8. The Labute approximate surface area is 122 Å². The van der Waals surface area contributed by atoms with Gasteiger partial charge >= 0.3 is 6.18 Å². The van der Waals surface area contributed by atoms with Crippen LogP contribution in [0.4, 0.5) is 24.8 Å². The van der Waals surface area contributed by atoms with E-state index in [4.69, 9.17) is 0 Å². The van der Waals surface area contributed by atoms with Crippen molar-refractivity contribution in [3.63, 3.8) is 0 Å². The van der Waals surface area contributed by atoms with Gasteiger partial charge in [0.25, 0.3) is 0 Å². The number of hydrogen-bond acceptors (Lipinski definition) is 4. The van der Waals surface area contributed by atoms with Gasteiger partial charge in [-0.25, -0.2) is 9.97 Å². The first kappa shape index (κ1) is 15.9. The van der Waals surface area contributed by atoms with Crippen molar-refractivity contribution >= 4 is 11.6 Å². The van der Waals surface area contributed by atoms with E-state index in [2.05, 4.69) is 27.5 Å². The van der Waals surface area contributed by atoms with Crippen LogP contribution in [0.25, 0.3) is 0 Å². The summed E-state index contributed by atoms with van der Waals surface area (Å²) in [4.78, 5) is 7.10. The van der Waals surface area contributed by atoms with E-state index in [0.29, 0.717) is 5.92 Å². The number of nitrogens with zero attached hydrogens (tertiary/aromatic N) is 2. The molecule has 1 heterocycles. The average molecular weight is 302 g/mol. The van der Waals surface area contributed by atoms with E-state index >= 15 is 0 Å². The lowest BCUT2D eigenvalue weighted by atomic mass is 9.83. The second kappa shape index (κ2) is 6.49. The Morgan fingerprint density at radius 2 is 1.86 bits per heavy atom. The van der Waals surface area contributed by atoms with Gasteiger partial charge in [0.05, 0.1) is 0 Å². The molecule has 1 aromatic heterocycles. The zero-order valence-corrected chi connectivity index (χ0v) is 12.3. The van der Waals surface area contributed by atoms with Crippen LogP contribution < -0.4 is 10.6 Å². The fourth-order valence-electron chi connectivity index (χ4n) is 2.85. The lowest BCUT2D eigenvalue weighted by Gasteiger charge is -2.32. The summed E-state index contributed by atoms with van der Waals surface area (Å²) in [5.41, 5.74) is 0. The van der Waals surface area contributed by atoms with E-state index in [1.54, 1.807) is 7.05 Å². The first-order chi connectivity index (χ1) is 9.94. The van der Waals surface area contributed by atoms with Gasteiger partial charge < -0.3 is 10.6 Å². The predicted octanol–water partition coefficient (Wildman–Crippen LogP) is 3.92. The number of aromatic nitrogens is 2. The molecule has 0 radical (unpaired) electrons. The van der Waals surface area contributed by atoms with Crippen LogP contribution in [0.5, 0.6) is 0 Å². The van der Waals surface area contributed by atoms with Crippen LogP contribution in [0.2, 0.25) is 0 Å². The third-order valence-corrected chi connectivity index (χ3v) is 4.00. The number of nitrogens with one attached hydrogen (secondary N) is 2. The fourth-order valence-corrected chi connectivity index (χ4v) is 2.85. The van der Waals surface area contributed by atoms with Gasteiger partial charge in [-0.15, -0.1) is 0 Å². The molecule has 2 unspecified atom stereocenters. The molecule has 7 heteroatoms. The molecule has 0 aromatic carbocycles. The van der Waals surface area contributed by atoms with Crippen molar-refractivity contribution in [1.82, 2.24) is 9.97 Å². The first-order valence-corrected chi connectivity index (χ1v) is 7.34.